The minimum Gasteiger partial charge on any atom is -0.361 e. The molecule has 0 saturated heterocycles. The van der Waals surface area contributed by atoms with Crippen LogP contribution in [0.2, 0.25) is 0 Å². The first-order valence-corrected chi connectivity index (χ1v) is 7.52. The van der Waals surface area contributed by atoms with Crippen LogP contribution in [0.5, 0.6) is 0 Å². The van der Waals surface area contributed by atoms with Crippen molar-refractivity contribution in [3.8, 4) is 0 Å². The summed E-state index contributed by atoms with van der Waals surface area (Å²) in [5.41, 5.74) is 0. The maximum Gasteiger partial charge on any atom is 0.596 e. The summed E-state index contributed by atoms with van der Waals surface area (Å²) in [5.74, 6) is 0. The zero-order chi connectivity index (χ0) is 11.7. The fourth-order valence-corrected chi connectivity index (χ4v) is 3.66. The first kappa shape index (κ1) is 15.1. The molecule has 0 spiro atoms. The molecule has 0 rings (SSSR count). The number of rotatable bonds is 9. The van der Waals surface area contributed by atoms with Crippen molar-refractivity contribution >= 4 is 8.97 Å². The van der Waals surface area contributed by atoms with Gasteiger partial charge < -0.3 is 13.3 Å². The molecule has 0 atom stereocenters. The molecule has 0 bridgehead atoms. The highest BCUT2D eigenvalue weighted by Gasteiger charge is 2.42. The van der Waals surface area contributed by atoms with Crippen molar-refractivity contribution in [3.05, 3.63) is 0 Å². The first-order chi connectivity index (χ1) is 7.10. The van der Waals surface area contributed by atoms with Gasteiger partial charge in [-0.15, -0.1) is 0 Å². The van der Waals surface area contributed by atoms with E-state index in [1.54, 1.807) is 0 Å². The highest BCUT2D eigenvalue weighted by molar-refractivity contribution is 6.58. The second-order valence-electron chi connectivity index (χ2n) is 3.57. The Labute approximate surface area is 94.7 Å². The van der Waals surface area contributed by atoms with Gasteiger partial charge in [-0.25, -0.2) is 0 Å². The SMILES string of the molecule is CCCO[Si](NC(C)C)(OCC)OCC. The molecule has 4 nitrogen and oxygen atoms in total. The van der Waals surface area contributed by atoms with Gasteiger partial charge in [0, 0.05) is 25.9 Å². The van der Waals surface area contributed by atoms with Gasteiger partial charge >= 0.3 is 8.97 Å². The number of hydrogen-bond acceptors (Lipinski definition) is 4. The Balaban J connectivity index is 4.40. The largest absolute Gasteiger partial charge is 0.596 e. The van der Waals surface area contributed by atoms with Gasteiger partial charge in [0.2, 0.25) is 0 Å². The molecule has 0 amide bonds. The molecule has 0 aliphatic heterocycles. The Hall–Kier alpha value is 0.0569. The summed E-state index contributed by atoms with van der Waals surface area (Å²) in [6, 6.07) is 0.298. The van der Waals surface area contributed by atoms with Crippen molar-refractivity contribution in [2.75, 3.05) is 19.8 Å². The van der Waals surface area contributed by atoms with Gasteiger partial charge in [-0.05, 0) is 20.3 Å². The van der Waals surface area contributed by atoms with E-state index in [-0.39, 0.29) is 0 Å². The molecule has 0 fully saturated rings. The Bertz CT molecular complexity index is 150. The lowest BCUT2D eigenvalue weighted by Crippen LogP contribution is -2.61. The Morgan fingerprint density at radius 2 is 1.53 bits per heavy atom. The number of nitrogens with one attached hydrogen (secondary N) is 1. The molecule has 1 N–H and O–H groups in total. The summed E-state index contributed by atoms with van der Waals surface area (Å²) in [5, 5.41) is 0. The van der Waals surface area contributed by atoms with E-state index in [2.05, 4.69) is 25.8 Å². The molecule has 0 aliphatic rings. The molecule has 0 radical (unpaired) electrons. The predicted molar refractivity (Wildman–Crippen MR) is 63.5 cm³/mol. The first-order valence-electron chi connectivity index (χ1n) is 5.79. The van der Waals surface area contributed by atoms with Crippen LogP contribution in [0.3, 0.4) is 0 Å². The molecular formula is C10H25NO3Si. The van der Waals surface area contributed by atoms with E-state index in [0.29, 0.717) is 25.9 Å². The zero-order valence-electron chi connectivity index (χ0n) is 10.6. The summed E-state index contributed by atoms with van der Waals surface area (Å²) in [7, 11) is -2.63. The molecule has 92 valence electrons. The van der Waals surface area contributed by atoms with Crippen LogP contribution >= 0.6 is 0 Å². The fourth-order valence-electron chi connectivity index (χ4n) is 1.22. The average Bonchev–Trinajstić information content (AvgIpc) is 2.14. The minimum atomic E-state index is -2.63. The van der Waals surface area contributed by atoms with Crippen LogP contribution in [-0.2, 0) is 13.3 Å². The third-order valence-corrected chi connectivity index (χ3v) is 4.48. The van der Waals surface area contributed by atoms with Crippen molar-refractivity contribution in [1.29, 1.82) is 0 Å². The van der Waals surface area contributed by atoms with E-state index in [1.165, 1.54) is 0 Å². The Morgan fingerprint density at radius 3 is 1.87 bits per heavy atom. The molecule has 15 heavy (non-hydrogen) atoms. The predicted octanol–water partition coefficient (Wildman–Crippen LogP) is 1.92. The number of hydrogen-bond donors (Lipinski definition) is 1. The fraction of sp³-hybridized carbons (Fsp3) is 1.00. The zero-order valence-corrected chi connectivity index (χ0v) is 11.6. The van der Waals surface area contributed by atoms with Crippen LogP contribution in [0.25, 0.3) is 0 Å². The van der Waals surface area contributed by atoms with Crippen LogP contribution in [-0.4, -0.2) is 34.8 Å². The lowest BCUT2D eigenvalue weighted by molar-refractivity contribution is 0.0535. The second-order valence-corrected chi connectivity index (χ2v) is 5.84. The van der Waals surface area contributed by atoms with E-state index < -0.39 is 8.97 Å². The lowest BCUT2D eigenvalue weighted by Gasteiger charge is -2.30. The van der Waals surface area contributed by atoms with Gasteiger partial charge in [0.25, 0.3) is 0 Å². The van der Waals surface area contributed by atoms with E-state index >= 15 is 0 Å². The molecule has 0 aromatic rings. The highest BCUT2D eigenvalue weighted by Crippen LogP contribution is 2.08. The minimum absolute atomic E-state index is 0.298. The third-order valence-electron chi connectivity index (χ3n) is 1.63. The second kappa shape index (κ2) is 8.24. The van der Waals surface area contributed by atoms with Gasteiger partial charge in [-0.1, -0.05) is 20.8 Å². The quantitative estimate of drug-likeness (QED) is 0.620. The Morgan fingerprint density at radius 1 is 1.00 bits per heavy atom. The topological polar surface area (TPSA) is 39.7 Å². The monoisotopic (exact) mass is 235 g/mol. The van der Waals surface area contributed by atoms with Gasteiger partial charge in [0.05, 0.1) is 0 Å². The lowest BCUT2D eigenvalue weighted by atomic mass is 10.4. The van der Waals surface area contributed by atoms with E-state index in [0.717, 1.165) is 6.42 Å². The molecule has 0 aliphatic carbocycles. The summed E-state index contributed by atoms with van der Waals surface area (Å²) in [4.78, 5) is 3.30. The molecule has 5 heteroatoms. The molecule has 0 saturated carbocycles. The normalized spacial score (nSPS) is 12.4. The summed E-state index contributed by atoms with van der Waals surface area (Å²) in [6.07, 6.45) is 0.967. The maximum absolute atomic E-state index is 5.75. The molecule has 0 aromatic carbocycles. The average molecular weight is 235 g/mol. The van der Waals surface area contributed by atoms with Crippen LogP contribution < -0.4 is 4.98 Å². The smallest absolute Gasteiger partial charge is 0.361 e. The molecule has 0 heterocycles. The van der Waals surface area contributed by atoms with E-state index in [1.807, 2.05) is 13.8 Å². The summed E-state index contributed by atoms with van der Waals surface area (Å²) < 4.78 is 17.1. The van der Waals surface area contributed by atoms with Crippen LogP contribution in [0.4, 0.5) is 0 Å². The highest BCUT2D eigenvalue weighted by atomic mass is 28.4. The van der Waals surface area contributed by atoms with E-state index in [9.17, 15) is 0 Å². The van der Waals surface area contributed by atoms with Crippen LogP contribution in [0.1, 0.15) is 41.0 Å². The van der Waals surface area contributed by atoms with E-state index in [4.69, 9.17) is 13.3 Å². The summed E-state index contributed by atoms with van der Waals surface area (Å²) in [6.45, 7) is 12.0. The van der Waals surface area contributed by atoms with Crippen molar-refractivity contribution in [3.63, 3.8) is 0 Å². The van der Waals surface area contributed by atoms with Gasteiger partial charge in [-0.3, -0.25) is 4.98 Å². The third kappa shape index (κ3) is 6.27. The van der Waals surface area contributed by atoms with Gasteiger partial charge in [0.1, 0.15) is 0 Å². The standard InChI is InChI=1S/C10H25NO3Si/c1-6-9-14-15(12-7-2,13-8-3)11-10(4)5/h10-11H,6-9H2,1-5H3. The van der Waals surface area contributed by atoms with Gasteiger partial charge in [0.15, 0.2) is 0 Å². The van der Waals surface area contributed by atoms with Crippen LogP contribution in [0.15, 0.2) is 0 Å². The van der Waals surface area contributed by atoms with Crippen molar-refractivity contribution < 1.29 is 13.3 Å². The maximum atomic E-state index is 5.75. The van der Waals surface area contributed by atoms with Gasteiger partial charge in [-0.2, -0.15) is 0 Å². The van der Waals surface area contributed by atoms with Crippen molar-refractivity contribution in [2.24, 2.45) is 0 Å². The molecule has 0 unspecified atom stereocenters. The summed E-state index contributed by atoms with van der Waals surface area (Å²) >= 11 is 0. The Kier molecular flexibility index (Phi) is 8.27. The van der Waals surface area contributed by atoms with Crippen LogP contribution in [0, 0.1) is 0 Å². The van der Waals surface area contributed by atoms with Crippen molar-refractivity contribution in [2.45, 2.75) is 47.1 Å². The molecular weight excluding hydrogens is 210 g/mol. The van der Waals surface area contributed by atoms with Crippen molar-refractivity contribution in [1.82, 2.24) is 4.98 Å². The molecule has 0 aromatic heterocycles.